The zero-order chi connectivity index (χ0) is 12.2. The van der Waals surface area contributed by atoms with E-state index < -0.39 is 0 Å². The minimum Gasteiger partial charge on any atom is -0.394 e. The van der Waals surface area contributed by atoms with E-state index in [0.717, 1.165) is 25.8 Å². The number of aliphatic hydroxyl groups excluding tert-OH is 1. The van der Waals surface area contributed by atoms with E-state index in [-0.39, 0.29) is 12.1 Å². The molecular formula is C13H28N2O. The molecule has 1 aliphatic rings. The lowest BCUT2D eigenvalue weighted by molar-refractivity contribution is 0.0635. The van der Waals surface area contributed by atoms with E-state index in [4.69, 9.17) is 5.73 Å². The summed E-state index contributed by atoms with van der Waals surface area (Å²) in [5.41, 5.74) is 5.88. The van der Waals surface area contributed by atoms with Crippen LogP contribution in [0.15, 0.2) is 0 Å². The average Bonchev–Trinajstić information content (AvgIpc) is 2.25. The van der Waals surface area contributed by atoms with Crippen LogP contribution in [0.3, 0.4) is 0 Å². The molecule has 0 aromatic rings. The molecule has 0 bridgehead atoms. The largest absolute Gasteiger partial charge is 0.394 e. The Kier molecular flexibility index (Phi) is 5.22. The van der Waals surface area contributed by atoms with Crippen molar-refractivity contribution in [2.45, 2.75) is 70.5 Å². The fourth-order valence-corrected chi connectivity index (χ4v) is 2.91. The summed E-state index contributed by atoms with van der Waals surface area (Å²) < 4.78 is 0. The van der Waals surface area contributed by atoms with Crippen molar-refractivity contribution < 1.29 is 5.11 Å². The van der Waals surface area contributed by atoms with Crippen LogP contribution in [0.5, 0.6) is 0 Å². The summed E-state index contributed by atoms with van der Waals surface area (Å²) in [6, 6.07) is 1.14. The Morgan fingerprint density at radius 2 is 2.19 bits per heavy atom. The molecule has 0 amide bonds. The van der Waals surface area contributed by atoms with E-state index in [1.54, 1.807) is 0 Å². The molecule has 96 valence electrons. The normalized spacial score (nSPS) is 31.3. The Morgan fingerprint density at radius 1 is 1.50 bits per heavy atom. The summed E-state index contributed by atoms with van der Waals surface area (Å²) >= 11 is 0. The molecule has 0 spiro atoms. The Bertz CT molecular complexity index is 208. The first-order valence-electron chi connectivity index (χ1n) is 6.68. The van der Waals surface area contributed by atoms with Gasteiger partial charge in [-0.05, 0) is 52.5 Å². The van der Waals surface area contributed by atoms with E-state index in [1.165, 1.54) is 12.8 Å². The van der Waals surface area contributed by atoms with Crippen LogP contribution in [0.1, 0.15) is 52.9 Å². The van der Waals surface area contributed by atoms with Crippen molar-refractivity contribution in [3.8, 4) is 0 Å². The lowest BCUT2D eigenvalue weighted by Gasteiger charge is -2.43. The monoisotopic (exact) mass is 228 g/mol. The number of hydrogen-bond acceptors (Lipinski definition) is 3. The molecule has 1 aliphatic carbocycles. The van der Waals surface area contributed by atoms with Gasteiger partial charge in [0.15, 0.2) is 0 Å². The lowest BCUT2D eigenvalue weighted by atomic mass is 9.79. The van der Waals surface area contributed by atoms with Crippen molar-refractivity contribution >= 4 is 0 Å². The SMILES string of the molecule is CCCN(C(C)C)C1CCCC(N)(CO)C1. The zero-order valence-corrected chi connectivity index (χ0v) is 11.1. The Hall–Kier alpha value is -0.120. The quantitative estimate of drug-likeness (QED) is 0.753. The predicted molar refractivity (Wildman–Crippen MR) is 68.4 cm³/mol. The molecule has 1 saturated carbocycles. The molecule has 2 atom stereocenters. The lowest BCUT2D eigenvalue weighted by Crippen LogP contribution is -2.54. The molecule has 3 heteroatoms. The molecule has 0 saturated heterocycles. The van der Waals surface area contributed by atoms with Crippen molar-refractivity contribution in [3.05, 3.63) is 0 Å². The predicted octanol–water partition coefficient (Wildman–Crippen LogP) is 1.74. The van der Waals surface area contributed by atoms with Gasteiger partial charge in [0.2, 0.25) is 0 Å². The molecule has 0 aliphatic heterocycles. The summed E-state index contributed by atoms with van der Waals surface area (Å²) in [6.45, 7) is 7.99. The van der Waals surface area contributed by atoms with Crippen LogP contribution in [0, 0.1) is 0 Å². The number of rotatable bonds is 5. The Balaban J connectivity index is 2.63. The first-order valence-corrected chi connectivity index (χ1v) is 6.68. The molecule has 0 radical (unpaired) electrons. The molecule has 1 rings (SSSR count). The second kappa shape index (κ2) is 5.99. The minimum absolute atomic E-state index is 0.127. The molecule has 3 nitrogen and oxygen atoms in total. The van der Waals surface area contributed by atoms with Gasteiger partial charge in [0, 0.05) is 17.6 Å². The van der Waals surface area contributed by atoms with Crippen LogP contribution >= 0.6 is 0 Å². The summed E-state index contributed by atoms with van der Waals surface area (Å²) in [4.78, 5) is 2.55. The first-order chi connectivity index (χ1) is 7.52. The van der Waals surface area contributed by atoms with Gasteiger partial charge in [0.05, 0.1) is 6.61 Å². The maximum atomic E-state index is 9.37. The van der Waals surface area contributed by atoms with Gasteiger partial charge < -0.3 is 10.8 Å². The van der Waals surface area contributed by atoms with Gasteiger partial charge in [0.1, 0.15) is 0 Å². The third kappa shape index (κ3) is 3.44. The van der Waals surface area contributed by atoms with Gasteiger partial charge in [0.25, 0.3) is 0 Å². The third-order valence-corrected chi connectivity index (χ3v) is 3.78. The van der Waals surface area contributed by atoms with Crippen molar-refractivity contribution in [2.24, 2.45) is 5.73 Å². The maximum Gasteiger partial charge on any atom is 0.0611 e. The van der Waals surface area contributed by atoms with Crippen molar-refractivity contribution in [3.63, 3.8) is 0 Å². The van der Waals surface area contributed by atoms with Gasteiger partial charge in [-0.3, -0.25) is 4.90 Å². The molecule has 0 aromatic carbocycles. The van der Waals surface area contributed by atoms with Gasteiger partial charge >= 0.3 is 0 Å². The highest BCUT2D eigenvalue weighted by Gasteiger charge is 2.35. The van der Waals surface area contributed by atoms with Crippen LogP contribution in [0.4, 0.5) is 0 Å². The number of hydrogen-bond donors (Lipinski definition) is 2. The number of nitrogens with two attached hydrogens (primary N) is 1. The smallest absolute Gasteiger partial charge is 0.0611 e. The van der Waals surface area contributed by atoms with Gasteiger partial charge in [-0.25, -0.2) is 0 Å². The highest BCUT2D eigenvalue weighted by atomic mass is 16.3. The average molecular weight is 228 g/mol. The maximum absolute atomic E-state index is 9.37. The van der Waals surface area contributed by atoms with Crippen LogP contribution in [-0.2, 0) is 0 Å². The van der Waals surface area contributed by atoms with Gasteiger partial charge in [-0.2, -0.15) is 0 Å². The van der Waals surface area contributed by atoms with E-state index in [9.17, 15) is 5.11 Å². The van der Waals surface area contributed by atoms with E-state index in [0.29, 0.717) is 12.1 Å². The fourth-order valence-electron chi connectivity index (χ4n) is 2.91. The molecule has 0 aromatic heterocycles. The topological polar surface area (TPSA) is 49.5 Å². The van der Waals surface area contributed by atoms with Crippen LogP contribution < -0.4 is 5.73 Å². The summed E-state index contributed by atoms with van der Waals surface area (Å²) in [7, 11) is 0. The van der Waals surface area contributed by atoms with E-state index >= 15 is 0 Å². The number of nitrogens with zero attached hydrogens (tertiary/aromatic N) is 1. The van der Waals surface area contributed by atoms with Crippen molar-refractivity contribution in [1.29, 1.82) is 0 Å². The van der Waals surface area contributed by atoms with Crippen LogP contribution in [-0.4, -0.2) is 40.8 Å². The first kappa shape index (κ1) is 13.9. The summed E-state index contributed by atoms with van der Waals surface area (Å²) in [5.74, 6) is 0. The zero-order valence-electron chi connectivity index (χ0n) is 11.1. The van der Waals surface area contributed by atoms with Gasteiger partial charge in [-0.1, -0.05) is 6.92 Å². The minimum atomic E-state index is -0.330. The van der Waals surface area contributed by atoms with Crippen molar-refractivity contribution in [1.82, 2.24) is 4.90 Å². The standard InChI is InChI=1S/C13H28N2O/c1-4-8-15(11(2)3)12-6-5-7-13(14,9-12)10-16/h11-12,16H,4-10,14H2,1-3H3. The van der Waals surface area contributed by atoms with E-state index in [2.05, 4.69) is 25.7 Å². The van der Waals surface area contributed by atoms with Crippen LogP contribution in [0.2, 0.25) is 0 Å². The molecule has 2 unspecified atom stereocenters. The highest BCUT2D eigenvalue weighted by molar-refractivity contribution is 4.94. The third-order valence-electron chi connectivity index (χ3n) is 3.78. The highest BCUT2D eigenvalue weighted by Crippen LogP contribution is 2.30. The molecule has 0 heterocycles. The van der Waals surface area contributed by atoms with E-state index in [1.807, 2.05) is 0 Å². The number of aliphatic hydroxyl groups is 1. The van der Waals surface area contributed by atoms with Crippen LogP contribution in [0.25, 0.3) is 0 Å². The molecule has 16 heavy (non-hydrogen) atoms. The molecule has 1 fully saturated rings. The summed E-state index contributed by atoms with van der Waals surface area (Å²) in [6.07, 6.45) is 5.48. The summed E-state index contributed by atoms with van der Waals surface area (Å²) in [5, 5.41) is 9.37. The van der Waals surface area contributed by atoms with Crippen molar-refractivity contribution in [2.75, 3.05) is 13.2 Å². The molecular weight excluding hydrogens is 200 g/mol. The second-order valence-corrected chi connectivity index (χ2v) is 5.60. The second-order valence-electron chi connectivity index (χ2n) is 5.60. The molecule has 3 N–H and O–H groups in total. The fraction of sp³-hybridized carbons (Fsp3) is 1.00. The van der Waals surface area contributed by atoms with Gasteiger partial charge in [-0.15, -0.1) is 0 Å². The Morgan fingerprint density at radius 3 is 2.69 bits per heavy atom. The Labute approximate surface area is 100 Å².